The van der Waals surface area contributed by atoms with Gasteiger partial charge in [-0.15, -0.1) is 23.5 Å². The highest BCUT2D eigenvalue weighted by Gasteiger charge is 2.50. The van der Waals surface area contributed by atoms with Crippen LogP contribution in [0.1, 0.15) is 40.5 Å². The summed E-state index contributed by atoms with van der Waals surface area (Å²) in [5.41, 5.74) is 0. The summed E-state index contributed by atoms with van der Waals surface area (Å²) in [5.74, 6) is 1.09. The van der Waals surface area contributed by atoms with Crippen LogP contribution in [0, 0.1) is 0 Å². The van der Waals surface area contributed by atoms with Crippen molar-refractivity contribution in [2.45, 2.75) is 81.1 Å². The van der Waals surface area contributed by atoms with E-state index < -0.39 is 17.7 Å². The van der Waals surface area contributed by atoms with Crippen molar-refractivity contribution >= 4 is 23.5 Å². The Balaban J connectivity index is 1.65. The minimum Gasteiger partial charge on any atom is -0.387 e. The zero-order valence-corrected chi connectivity index (χ0v) is 16.0. The standard InChI is InChI=1S/C16H28O5S2/c1-15(2)18-9-11(20-15)13(17)14-10(19-16(3,4)21-14)8-12-22-6-5-7-23-12/h10-14,17H,5-9H2,1-4H3/t10-,11+,13+,14+/m0/s1. The van der Waals surface area contributed by atoms with Crippen LogP contribution in [0.15, 0.2) is 0 Å². The molecule has 3 saturated heterocycles. The third-order valence-corrected chi connectivity index (χ3v) is 7.28. The van der Waals surface area contributed by atoms with Crippen molar-refractivity contribution in [3.05, 3.63) is 0 Å². The van der Waals surface area contributed by atoms with Crippen LogP contribution in [0.5, 0.6) is 0 Å². The van der Waals surface area contributed by atoms with Gasteiger partial charge in [-0.05, 0) is 52.0 Å². The molecule has 0 unspecified atom stereocenters. The van der Waals surface area contributed by atoms with Crippen molar-refractivity contribution in [3.8, 4) is 0 Å². The Morgan fingerprint density at radius 3 is 2.35 bits per heavy atom. The highest BCUT2D eigenvalue weighted by molar-refractivity contribution is 8.17. The monoisotopic (exact) mass is 364 g/mol. The number of thioether (sulfide) groups is 2. The number of aliphatic hydroxyl groups excluding tert-OH is 1. The second-order valence-corrected chi connectivity index (χ2v) is 10.2. The number of rotatable bonds is 4. The molecule has 5 nitrogen and oxygen atoms in total. The SMILES string of the molecule is CC1(C)O[C@@H]([C@H](O)[C@H]2COC(C)(C)O2)[C@H](CC2SCCCS2)O1. The summed E-state index contributed by atoms with van der Waals surface area (Å²) in [7, 11) is 0. The first-order chi connectivity index (χ1) is 10.8. The maximum absolute atomic E-state index is 10.8. The van der Waals surface area contributed by atoms with E-state index in [2.05, 4.69) is 0 Å². The molecule has 4 atom stereocenters. The lowest BCUT2D eigenvalue weighted by atomic mass is 10.0. The summed E-state index contributed by atoms with van der Waals surface area (Å²) in [6.45, 7) is 7.92. The number of aliphatic hydroxyl groups is 1. The van der Waals surface area contributed by atoms with Crippen LogP contribution in [0.2, 0.25) is 0 Å². The molecular weight excluding hydrogens is 336 g/mol. The predicted molar refractivity (Wildman–Crippen MR) is 92.7 cm³/mol. The van der Waals surface area contributed by atoms with Gasteiger partial charge in [0, 0.05) is 0 Å². The smallest absolute Gasteiger partial charge is 0.163 e. The van der Waals surface area contributed by atoms with E-state index in [1.165, 1.54) is 17.9 Å². The second-order valence-electron chi connectivity index (χ2n) is 7.26. The van der Waals surface area contributed by atoms with Crippen LogP contribution in [0.25, 0.3) is 0 Å². The fraction of sp³-hybridized carbons (Fsp3) is 1.00. The number of hydrogen-bond acceptors (Lipinski definition) is 7. The van der Waals surface area contributed by atoms with Crippen molar-refractivity contribution < 1.29 is 24.1 Å². The third-order valence-electron chi connectivity index (χ3n) is 4.29. The lowest BCUT2D eigenvalue weighted by Crippen LogP contribution is -2.45. The third kappa shape index (κ3) is 4.57. The second kappa shape index (κ2) is 7.02. The van der Waals surface area contributed by atoms with Crippen molar-refractivity contribution in [2.75, 3.05) is 18.1 Å². The van der Waals surface area contributed by atoms with Gasteiger partial charge >= 0.3 is 0 Å². The quantitative estimate of drug-likeness (QED) is 0.823. The minimum absolute atomic E-state index is 0.115. The van der Waals surface area contributed by atoms with Crippen LogP contribution in [0.4, 0.5) is 0 Å². The minimum atomic E-state index is -0.748. The average molecular weight is 365 g/mol. The zero-order chi connectivity index (χ0) is 16.7. The normalized spacial score (nSPS) is 38.7. The van der Waals surface area contributed by atoms with E-state index in [1.54, 1.807) is 0 Å². The van der Waals surface area contributed by atoms with Crippen molar-refractivity contribution in [1.82, 2.24) is 0 Å². The number of hydrogen-bond donors (Lipinski definition) is 1. The van der Waals surface area contributed by atoms with Gasteiger partial charge in [0.15, 0.2) is 11.6 Å². The highest BCUT2D eigenvalue weighted by Crippen LogP contribution is 2.40. The predicted octanol–water partition coefficient (Wildman–Crippen LogP) is 2.61. The van der Waals surface area contributed by atoms with E-state index in [1.807, 2.05) is 51.2 Å². The number of ether oxygens (including phenoxy) is 4. The van der Waals surface area contributed by atoms with Gasteiger partial charge in [0.25, 0.3) is 0 Å². The maximum Gasteiger partial charge on any atom is 0.163 e. The van der Waals surface area contributed by atoms with Gasteiger partial charge in [-0.1, -0.05) is 0 Å². The summed E-state index contributed by atoms with van der Waals surface area (Å²) in [6.07, 6.45) is 0.542. The van der Waals surface area contributed by atoms with Gasteiger partial charge in [-0.25, -0.2) is 0 Å². The Morgan fingerprint density at radius 1 is 1.04 bits per heavy atom. The molecule has 0 aliphatic carbocycles. The van der Waals surface area contributed by atoms with Gasteiger partial charge < -0.3 is 24.1 Å². The van der Waals surface area contributed by atoms with Crippen LogP contribution in [-0.4, -0.2) is 63.8 Å². The molecular formula is C16H28O5S2. The van der Waals surface area contributed by atoms with Crippen molar-refractivity contribution in [2.24, 2.45) is 0 Å². The molecule has 0 aromatic heterocycles. The summed E-state index contributed by atoms with van der Waals surface area (Å²) in [6, 6.07) is 0. The Labute approximate surface area is 147 Å². The molecule has 0 spiro atoms. The molecule has 23 heavy (non-hydrogen) atoms. The first-order valence-electron chi connectivity index (χ1n) is 8.34. The molecule has 7 heteroatoms. The molecule has 0 radical (unpaired) electrons. The van der Waals surface area contributed by atoms with Crippen LogP contribution < -0.4 is 0 Å². The van der Waals surface area contributed by atoms with Gasteiger partial charge in [0.05, 0.1) is 17.3 Å². The van der Waals surface area contributed by atoms with Gasteiger partial charge in [-0.2, -0.15) is 0 Å². The van der Waals surface area contributed by atoms with Gasteiger partial charge in [-0.3, -0.25) is 0 Å². The van der Waals surface area contributed by atoms with E-state index in [-0.39, 0.29) is 18.3 Å². The molecule has 3 aliphatic rings. The highest BCUT2D eigenvalue weighted by atomic mass is 32.2. The van der Waals surface area contributed by atoms with Crippen LogP contribution in [-0.2, 0) is 18.9 Å². The van der Waals surface area contributed by atoms with Crippen LogP contribution in [0.3, 0.4) is 0 Å². The van der Waals surface area contributed by atoms with Gasteiger partial charge in [0.2, 0.25) is 0 Å². The maximum atomic E-state index is 10.8. The molecule has 0 saturated carbocycles. The Hall–Kier alpha value is 0.500. The summed E-state index contributed by atoms with van der Waals surface area (Å²) >= 11 is 3.97. The van der Waals surface area contributed by atoms with Crippen molar-refractivity contribution in [3.63, 3.8) is 0 Å². The van der Waals surface area contributed by atoms with Crippen molar-refractivity contribution in [1.29, 1.82) is 0 Å². The van der Waals surface area contributed by atoms with E-state index in [0.717, 1.165) is 6.42 Å². The summed E-state index contributed by atoms with van der Waals surface area (Å²) in [5, 5.41) is 10.8. The van der Waals surface area contributed by atoms with E-state index in [0.29, 0.717) is 11.2 Å². The molecule has 3 heterocycles. The summed E-state index contributed by atoms with van der Waals surface area (Å²) in [4.78, 5) is 0. The van der Waals surface area contributed by atoms with Crippen LogP contribution >= 0.6 is 23.5 Å². The van der Waals surface area contributed by atoms with Gasteiger partial charge in [0.1, 0.15) is 18.3 Å². The lowest BCUT2D eigenvalue weighted by molar-refractivity contribution is -0.178. The Bertz CT molecular complexity index is 411. The fourth-order valence-corrected chi connectivity index (χ4v) is 6.24. The molecule has 3 rings (SSSR count). The van der Waals surface area contributed by atoms with E-state index in [4.69, 9.17) is 18.9 Å². The topological polar surface area (TPSA) is 57.2 Å². The van der Waals surface area contributed by atoms with E-state index >= 15 is 0 Å². The molecule has 0 bridgehead atoms. The Morgan fingerprint density at radius 2 is 1.74 bits per heavy atom. The zero-order valence-electron chi connectivity index (χ0n) is 14.3. The van der Waals surface area contributed by atoms with E-state index in [9.17, 15) is 5.11 Å². The molecule has 3 aliphatic heterocycles. The molecule has 3 fully saturated rings. The molecule has 0 aromatic carbocycles. The molecule has 134 valence electrons. The molecule has 0 aromatic rings. The Kier molecular flexibility index (Phi) is 5.58. The first-order valence-corrected chi connectivity index (χ1v) is 10.4. The molecule has 1 N–H and O–H groups in total. The first kappa shape index (κ1) is 18.3. The fourth-order valence-electron chi connectivity index (χ4n) is 3.29. The largest absolute Gasteiger partial charge is 0.387 e. The average Bonchev–Trinajstić information content (AvgIpc) is 2.98. The lowest BCUT2D eigenvalue weighted by Gasteiger charge is -2.29. The molecule has 0 amide bonds. The summed E-state index contributed by atoms with van der Waals surface area (Å²) < 4.78 is 24.0.